The molecule has 5 nitrogen and oxygen atoms in total. The van der Waals surface area contributed by atoms with Gasteiger partial charge in [-0.25, -0.2) is 0 Å². The van der Waals surface area contributed by atoms with Gasteiger partial charge >= 0.3 is 0 Å². The quantitative estimate of drug-likeness (QED) is 0.607. The first kappa shape index (κ1) is 22.6. The maximum Gasteiger partial charge on any atom is 0.233 e. The molecule has 0 saturated heterocycles. The van der Waals surface area contributed by atoms with Crippen molar-refractivity contribution in [1.82, 2.24) is 15.3 Å². The Hall–Kier alpha value is -3.08. The Bertz CT molecular complexity index is 1020. The minimum atomic E-state index is -0.703. The number of aryl methyl sites for hydroxylation is 1. The van der Waals surface area contributed by atoms with Gasteiger partial charge in [0.05, 0.1) is 16.8 Å². The molecule has 0 unspecified atom stereocenters. The van der Waals surface area contributed by atoms with Crippen LogP contribution in [0.1, 0.15) is 56.4 Å². The molecular formula is C26H34N4O. The molecule has 2 heterocycles. The molecule has 31 heavy (non-hydrogen) atoms. The zero-order valence-electron chi connectivity index (χ0n) is 19.0. The van der Waals surface area contributed by atoms with Gasteiger partial charge in [0.25, 0.3) is 0 Å². The molecule has 0 atom stereocenters. The van der Waals surface area contributed by atoms with Gasteiger partial charge in [0, 0.05) is 30.7 Å². The van der Waals surface area contributed by atoms with Gasteiger partial charge in [-0.1, -0.05) is 30.4 Å². The zero-order valence-corrected chi connectivity index (χ0v) is 19.0. The van der Waals surface area contributed by atoms with Gasteiger partial charge in [-0.3, -0.25) is 10.2 Å². The number of nitrogens with zero attached hydrogens (tertiary/aromatic N) is 2. The van der Waals surface area contributed by atoms with Crippen molar-refractivity contribution in [3.05, 3.63) is 72.6 Å². The molecule has 5 heteroatoms. The Morgan fingerprint density at radius 3 is 2.71 bits per heavy atom. The van der Waals surface area contributed by atoms with Gasteiger partial charge in [-0.05, 0) is 63.1 Å². The van der Waals surface area contributed by atoms with E-state index in [0.717, 1.165) is 41.7 Å². The molecule has 0 aliphatic carbocycles. The number of hydrogen-bond acceptors (Lipinski definition) is 3. The standard InChI is InChI=1S/C26H34N4O/c1-6-15-26(16-7-2,25(31)30(5)8-3)20-13-14-21-22-12-10-9-11-17-27-29-19(4)24(22)28-23(21)18-20/h6-7,11,13-14,17-18,27-28H,1-2,8-10,12,15-16H2,3-5H3/b17-11+,29-19+. The molecule has 2 N–H and O–H groups in total. The molecule has 3 rings (SSSR count). The van der Waals surface area contributed by atoms with Gasteiger partial charge in [-0.15, -0.1) is 13.2 Å². The number of H-pyrrole nitrogens is 1. The lowest BCUT2D eigenvalue weighted by molar-refractivity contribution is -0.135. The van der Waals surface area contributed by atoms with Crippen LogP contribution < -0.4 is 5.43 Å². The molecule has 0 bridgehead atoms. The number of carbonyl (C=O) groups is 1. The van der Waals surface area contributed by atoms with E-state index in [-0.39, 0.29) is 5.91 Å². The number of aromatic nitrogens is 1. The van der Waals surface area contributed by atoms with Crippen molar-refractivity contribution in [3.63, 3.8) is 0 Å². The van der Waals surface area contributed by atoms with Crippen LogP contribution in [-0.4, -0.2) is 35.1 Å². The van der Waals surface area contributed by atoms with E-state index in [1.54, 1.807) is 4.90 Å². The summed E-state index contributed by atoms with van der Waals surface area (Å²) in [5, 5.41) is 5.67. The number of aromatic amines is 1. The molecular weight excluding hydrogens is 384 g/mol. The predicted molar refractivity (Wildman–Crippen MR) is 130 cm³/mol. The van der Waals surface area contributed by atoms with E-state index in [2.05, 4.69) is 52.9 Å². The van der Waals surface area contributed by atoms with E-state index in [9.17, 15) is 4.79 Å². The highest BCUT2D eigenvalue weighted by atomic mass is 16.2. The molecule has 0 radical (unpaired) electrons. The second-order valence-corrected chi connectivity index (χ2v) is 8.25. The van der Waals surface area contributed by atoms with Crippen LogP contribution in [-0.2, 0) is 16.6 Å². The van der Waals surface area contributed by atoms with Crippen LogP contribution in [0.4, 0.5) is 0 Å². The Kier molecular flexibility index (Phi) is 7.16. The first-order valence-corrected chi connectivity index (χ1v) is 11.1. The number of hydrazone groups is 1. The number of fused-ring (bicyclic) bond motifs is 3. The minimum Gasteiger partial charge on any atom is -0.353 e. The first-order valence-electron chi connectivity index (χ1n) is 11.1. The van der Waals surface area contributed by atoms with Crippen LogP contribution in [0, 0.1) is 0 Å². The molecule has 0 spiro atoms. The predicted octanol–water partition coefficient (Wildman–Crippen LogP) is 5.20. The van der Waals surface area contributed by atoms with Crippen molar-refractivity contribution in [2.75, 3.05) is 13.6 Å². The normalized spacial score (nSPS) is 17.1. The van der Waals surface area contributed by atoms with Gasteiger partial charge in [0.15, 0.2) is 0 Å². The monoisotopic (exact) mass is 418 g/mol. The summed E-state index contributed by atoms with van der Waals surface area (Å²) < 4.78 is 0. The molecule has 2 aromatic rings. The number of amides is 1. The van der Waals surface area contributed by atoms with Crippen LogP contribution in [0.15, 0.2) is 60.9 Å². The average molecular weight is 419 g/mol. The second-order valence-electron chi connectivity index (χ2n) is 8.25. The highest BCUT2D eigenvalue weighted by Crippen LogP contribution is 2.37. The lowest BCUT2D eigenvalue weighted by Crippen LogP contribution is -2.45. The summed E-state index contributed by atoms with van der Waals surface area (Å²) in [6.45, 7) is 12.5. The molecule has 1 aliphatic rings. The van der Waals surface area contributed by atoms with Gasteiger partial charge in [0.2, 0.25) is 5.91 Å². The zero-order chi connectivity index (χ0) is 22.4. The Balaban J connectivity index is 2.17. The summed E-state index contributed by atoms with van der Waals surface area (Å²) in [6, 6.07) is 6.39. The second kappa shape index (κ2) is 9.82. The summed E-state index contributed by atoms with van der Waals surface area (Å²) >= 11 is 0. The molecule has 1 amide bonds. The number of hydrogen-bond donors (Lipinski definition) is 2. The fraction of sp³-hybridized carbons (Fsp3) is 0.385. The summed E-state index contributed by atoms with van der Waals surface area (Å²) in [5.41, 5.74) is 7.60. The molecule has 0 fully saturated rings. The van der Waals surface area contributed by atoms with Crippen molar-refractivity contribution < 1.29 is 4.79 Å². The maximum atomic E-state index is 13.5. The Labute approximate surface area is 185 Å². The van der Waals surface area contributed by atoms with Crippen molar-refractivity contribution in [2.24, 2.45) is 5.10 Å². The van der Waals surface area contributed by atoms with Gasteiger partial charge in [-0.2, -0.15) is 5.10 Å². The van der Waals surface area contributed by atoms with Gasteiger partial charge in [0.1, 0.15) is 0 Å². The maximum absolute atomic E-state index is 13.5. The molecule has 0 saturated carbocycles. The van der Waals surface area contributed by atoms with Crippen LogP contribution >= 0.6 is 0 Å². The van der Waals surface area contributed by atoms with E-state index < -0.39 is 5.41 Å². The number of carbonyl (C=O) groups excluding carboxylic acids is 1. The van der Waals surface area contributed by atoms with E-state index in [1.807, 2.05) is 39.2 Å². The summed E-state index contributed by atoms with van der Waals surface area (Å²) in [6.07, 6.45) is 11.9. The fourth-order valence-electron chi connectivity index (χ4n) is 4.46. The molecule has 1 aliphatic heterocycles. The Morgan fingerprint density at radius 2 is 2.03 bits per heavy atom. The third kappa shape index (κ3) is 4.36. The fourth-order valence-corrected chi connectivity index (χ4v) is 4.46. The number of allylic oxidation sites excluding steroid dienone is 3. The topological polar surface area (TPSA) is 60.5 Å². The van der Waals surface area contributed by atoms with Crippen molar-refractivity contribution >= 4 is 22.5 Å². The van der Waals surface area contributed by atoms with E-state index in [0.29, 0.717) is 19.4 Å². The lowest BCUT2D eigenvalue weighted by atomic mass is 9.73. The molecule has 1 aromatic carbocycles. The molecule has 164 valence electrons. The highest BCUT2D eigenvalue weighted by molar-refractivity contribution is 6.04. The SMILES string of the molecule is C=CCC(CC=C)(C(=O)N(C)CC)c1ccc2c3c([nH]c2c1)/C(C)=N/N/C=C/CCC3. The lowest BCUT2D eigenvalue weighted by Gasteiger charge is -2.35. The summed E-state index contributed by atoms with van der Waals surface area (Å²) in [7, 11) is 1.86. The van der Waals surface area contributed by atoms with Crippen molar-refractivity contribution in [1.29, 1.82) is 0 Å². The number of rotatable bonds is 7. The minimum absolute atomic E-state index is 0.0973. The van der Waals surface area contributed by atoms with E-state index >= 15 is 0 Å². The largest absolute Gasteiger partial charge is 0.353 e. The third-order valence-electron chi connectivity index (χ3n) is 6.26. The first-order chi connectivity index (χ1) is 15.0. The third-order valence-corrected chi connectivity index (χ3v) is 6.26. The summed E-state index contributed by atoms with van der Waals surface area (Å²) in [5.74, 6) is 0.0973. The van der Waals surface area contributed by atoms with Crippen molar-refractivity contribution in [3.8, 4) is 0 Å². The smallest absolute Gasteiger partial charge is 0.233 e. The van der Waals surface area contributed by atoms with E-state index in [4.69, 9.17) is 0 Å². The molecule has 1 aromatic heterocycles. The number of likely N-dealkylation sites (N-methyl/N-ethyl adjacent to an activating group) is 1. The van der Waals surface area contributed by atoms with E-state index in [1.165, 1.54) is 10.9 Å². The van der Waals surface area contributed by atoms with Crippen LogP contribution in [0.3, 0.4) is 0 Å². The van der Waals surface area contributed by atoms with Crippen LogP contribution in [0.2, 0.25) is 0 Å². The number of benzene rings is 1. The van der Waals surface area contributed by atoms with Crippen molar-refractivity contribution in [2.45, 2.75) is 51.4 Å². The van der Waals surface area contributed by atoms with Crippen LogP contribution in [0.25, 0.3) is 10.9 Å². The number of nitrogens with one attached hydrogen (secondary N) is 2. The highest BCUT2D eigenvalue weighted by Gasteiger charge is 2.40. The Morgan fingerprint density at radius 1 is 1.29 bits per heavy atom. The average Bonchev–Trinajstić information content (AvgIpc) is 3.15. The van der Waals surface area contributed by atoms with Crippen LogP contribution in [0.5, 0.6) is 0 Å². The van der Waals surface area contributed by atoms with Gasteiger partial charge < -0.3 is 9.88 Å². The summed E-state index contributed by atoms with van der Waals surface area (Å²) in [4.78, 5) is 18.9.